The van der Waals surface area contributed by atoms with Crippen molar-refractivity contribution in [1.82, 2.24) is 9.88 Å². The molecule has 0 fully saturated rings. The van der Waals surface area contributed by atoms with Crippen molar-refractivity contribution in [3.63, 3.8) is 0 Å². The molecular weight excluding hydrogens is 481 g/mol. The molecule has 0 aliphatic rings. The summed E-state index contributed by atoms with van der Waals surface area (Å²) in [6.45, 7) is 2.22. The van der Waals surface area contributed by atoms with E-state index in [-0.39, 0.29) is 28.3 Å². The van der Waals surface area contributed by atoms with Crippen LogP contribution >= 0.6 is 34.5 Å². The number of nitrogens with one attached hydrogen (secondary N) is 1. The minimum absolute atomic E-state index is 0.158. The second-order valence-corrected chi connectivity index (χ2v) is 8.94. The molecule has 0 aliphatic heterocycles. The van der Waals surface area contributed by atoms with Crippen LogP contribution in [-0.4, -0.2) is 16.4 Å². The minimum Gasteiger partial charge on any atom is -0.454 e. The molecule has 0 aliphatic carbocycles. The number of halogens is 2. The monoisotopic (exact) mass is 499 g/mol. The van der Waals surface area contributed by atoms with E-state index in [1.807, 2.05) is 42.6 Å². The third kappa shape index (κ3) is 5.63. The number of carbonyl (C=O) groups is 2. The fourth-order valence-electron chi connectivity index (χ4n) is 3.16. The molecular formula is C24H19Cl2N3O3S. The Morgan fingerprint density at radius 3 is 2.67 bits per heavy atom. The van der Waals surface area contributed by atoms with Gasteiger partial charge in [-0.25, -0.2) is 0 Å². The molecule has 1 atom stereocenters. The molecule has 9 heteroatoms. The zero-order chi connectivity index (χ0) is 23.4. The van der Waals surface area contributed by atoms with Gasteiger partial charge in [0.25, 0.3) is 11.8 Å². The van der Waals surface area contributed by atoms with Crippen LogP contribution < -0.4 is 10.1 Å². The number of aromatic nitrogens is 1. The number of thiazole rings is 1. The van der Waals surface area contributed by atoms with Crippen LogP contribution in [-0.2, 0) is 6.54 Å². The van der Waals surface area contributed by atoms with Crippen molar-refractivity contribution in [3.05, 3.63) is 110 Å². The van der Waals surface area contributed by atoms with Gasteiger partial charge in [0.15, 0.2) is 10.6 Å². The maximum atomic E-state index is 12.6. The van der Waals surface area contributed by atoms with E-state index in [0.717, 1.165) is 5.56 Å². The minimum atomic E-state index is -0.470. The van der Waals surface area contributed by atoms with Crippen LogP contribution in [0.25, 0.3) is 0 Å². The standard InChI is InChI=1S/C24H19Cl2N3O3S/c1-15(16-5-3-2-4-6-16)27-23(31)21-10-8-18(32-21)14-29-11-12-33-24(29)28-22(30)19-9-7-17(25)13-20(19)26/h2-13,15H,14H2,1H3,(H,27,31)/t15-/m0/s1. The Morgan fingerprint density at radius 2 is 1.91 bits per heavy atom. The highest BCUT2D eigenvalue weighted by Crippen LogP contribution is 2.21. The quantitative estimate of drug-likeness (QED) is 0.368. The van der Waals surface area contributed by atoms with Gasteiger partial charge in [-0.2, -0.15) is 4.99 Å². The number of benzene rings is 2. The van der Waals surface area contributed by atoms with Crippen LogP contribution in [0.2, 0.25) is 10.0 Å². The average molecular weight is 500 g/mol. The molecule has 6 nitrogen and oxygen atoms in total. The van der Waals surface area contributed by atoms with Crippen LogP contribution in [0, 0.1) is 0 Å². The van der Waals surface area contributed by atoms with Gasteiger partial charge in [0.05, 0.1) is 23.2 Å². The molecule has 2 amide bonds. The molecule has 168 valence electrons. The van der Waals surface area contributed by atoms with Crippen molar-refractivity contribution in [2.75, 3.05) is 0 Å². The van der Waals surface area contributed by atoms with E-state index in [4.69, 9.17) is 27.6 Å². The first-order valence-electron chi connectivity index (χ1n) is 10.0. The summed E-state index contributed by atoms with van der Waals surface area (Å²) in [5.41, 5.74) is 1.27. The third-order valence-corrected chi connectivity index (χ3v) is 6.22. The number of hydrogen-bond donors (Lipinski definition) is 1. The second-order valence-electron chi connectivity index (χ2n) is 7.23. The summed E-state index contributed by atoms with van der Waals surface area (Å²) in [7, 11) is 0. The van der Waals surface area contributed by atoms with E-state index in [0.29, 0.717) is 22.1 Å². The van der Waals surface area contributed by atoms with E-state index in [2.05, 4.69) is 10.3 Å². The van der Waals surface area contributed by atoms with E-state index in [1.54, 1.807) is 35.0 Å². The fourth-order valence-corrected chi connectivity index (χ4v) is 4.38. The predicted molar refractivity (Wildman–Crippen MR) is 129 cm³/mol. The van der Waals surface area contributed by atoms with E-state index >= 15 is 0 Å². The Morgan fingerprint density at radius 1 is 1.12 bits per heavy atom. The third-order valence-electron chi connectivity index (χ3n) is 4.88. The maximum Gasteiger partial charge on any atom is 0.287 e. The first kappa shape index (κ1) is 23.0. The number of rotatable bonds is 6. The van der Waals surface area contributed by atoms with Crippen molar-refractivity contribution in [2.24, 2.45) is 4.99 Å². The maximum absolute atomic E-state index is 12.6. The van der Waals surface area contributed by atoms with Gasteiger partial charge >= 0.3 is 0 Å². The average Bonchev–Trinajstić information content (AvgIpc) is 3.44. The smallest absolute Gasteiger partial charge is 0.287 e. The van der Waals surface area contributed by atoms with Crippen LogP contribution in [0.3, 0.4) is 0 Å². The summed E-state index contributed by atoms with van der Waals surface area (Å²) in [5.74, 6) is 0.00290. The van der Waals surface area contributed by atoms with Gasteiger partial charge in [-0.05, 0) is 42.8 Å². The van der Waals surface area contributed by atoms with Gasteiger partial charge in [-0.3, -0.25) is 9.59 Å². The summed E-state index contributed by atoms with van der Waals surface area (Å²) in [4.78, 5) is 29.8. The molecule has 1 N–H and O–H groups in total. The molecule has 0 saturated heterocycles. The molecule has 0 unspecified atom stereocenters. The van der Waals surface area contributed by atoms with Crippen LogP contribution in [0.15, 0.2) is 81.7 Å². The first-order valence-corrected chi connectivity index (χ1v) is 11.7. The summed E-state index contributed by atoms with van der Waals surface area (Å²) in [6.07, 6.45) is 1.79. The number of hydrogen-bond acceptors (Lipinski definition) is 4. The summed E-state index contributed by atoms with van der Waals surface area (Å²) >= 11 is 13.3. The van der Waals surface area contributed by atoms with E-state index in [9.17, 15) is 9.59 Å². The lowest BCUT2D eigenvalue weighted by molar-refractivity contribution is 0.0909. The Labute approximate surface area is 204 Å². The fraction of sp³-hybridized carbons (Fsp3) is 0.125. The molecule has 2 aromatic carbocycles. The highest BCUT2D eigenvalue weighted by Gasteiger charge is 2.16. The lowest BCUT2D eigenvalue weighted by Gasteiger charge is -2.13. The Kier molecular flexibility index (Phi) is 7.13. The zero-order valence-electron chi connectivity index (χ0n) is 17.5. The largest absolute Gasteiger partial charge is 0.454 e. The predicted octanol–water partition coefficient (Wildman–Crippen LogP) is 5.73. The summed E-state index contributed by atoms with van der Waals surface area (Å²) in [6, 6.07) is 17.5. The summed E-state index contributed by atoms with van der Waals surface area (Å²) in [5, 5.41) is 5.42. The summed E-state index contributed by atoms with van der Waals surface area (Å²) < 4.78 is 7.51. The molecule has 4 rings (SSSR count). The Bertz CT molecular complexity index is 1360. The van der Waals surface area contributed by atoms with Crippen molar-refractivity contribution in [1.29, 1.82) is 0 Å². The molecule has 0 saturated carbocycles. The van der Waals surface area contributed by atoms with Crippen LogP contribution in [0.1, 0.15) is 45.2 Å². The highest BCUT2D eigenvalue weighted by molar-refractivity contribution is 7.07. The molecule has 2 heterocycles. The Hall–Kier alpha value is -3.13. The molecule has 0 spiro atoms. The van der Waals surface area contributed by atoms with Gasteiger partial charge in [-0.15, -0.1) is 11.3 Å². The molecule has 0 radical (unpaired) electrons. The van der Waals surface area contributed by atoms with Crippen LogP contribution in [0.5, 0.6) is 0 Å². The molecule has 33 heavy (non-hydrogen) atoms. The first-order chi connectivity index (χ1) is 15.9. The van der Waals surface area contributed by atoms with E-state index < -0.39 is 5.91 Å². The lowest BCUT2D eigenvalue weighted by Crippen LogP contribution is -2.26. The van der Waals surface area contributed by atoms with Crippen molar-refractivity contribution in [3.8, 4) is 0 Å². The number of carbonyl (C=O) groups excluding carboxylic acids is 2. The lowest BCUT2D eigenvalue weighted by atomic mass is 10.1. The molecule has 4 aromatic rings. The van der Waals surface area contributed by atoms with E-state index in [1.165, 1.54) is 17.4 Å². The van der Waals surface area contributed by atoms with Gasteiger partial charge in [0, 0.05) is 16.6 Å². The Balaban J connectivity index is 1.47. The zero-order valence-corrected chi connectivity index (χ0v) is 19.8. The van der Waals surface area contributed by atoms with Crippen molar-refractivity contribution < 1.29 is 14.0 Å². The second kappa shape index (κ2) is 10.2. The molecule has 2 aromatic heterocycles. The number of nitrogens with zero attached hydrogens (tertiary/aromatic N) is 2. The molecule has 0 bridgehead atoms. The van der Waals surface area contributed by atoms with Crippen molar-refractivity contribution >= 4 is 46.4 Å². The highest BCUT2D eigenvalue weighted by atomic mass is 35.5. The number of furan rings is 1. The van der Waals surface area contributed by atoms with Crippen LogP contribution in [0.4, 0.5) is 0 Å². The van der Waals surface area contributed by atoms with Gasteiger partial charge in [-0.1, -0.05) is 53.5 Å². The topological polar surface area (TPSA) is 76.6 Å². The van der Waals surface area contributed by atoms with Gasteiger partial charge < -0.3 is 14.3 Å². The SMILES string of the molecule is C[C@H](NC(=O)c1ccc(Cn2ccsc2=NC(=O)c2ccc(Cl)cc2Cl)o1)c1ccccc1. The van der Waals surface area contributed by atoms with Gasteiger partial charge in [0.2, 0.25) is 0 Å². The van der Waals surface area contributed by atoms with Crippen molar-refractivity contribution in [2.45, 2.75) is 19.5 Å². The normalized spacial score (nSPS) is 12.5. The number of amides is 2. The van der Waals surface area contributed by atoms with Gasteiger partial charge in [0.1, 0.15) is 5.76 Å².